The normalized spacial score (nSPS) is 10.9. The molecular formula is C18H22N6O3. The van der Waals surface area contributed by atoms with Gasteiger partial charge < -0.3 is 19.7 Å². The monoisotopic (exact) mass is 370 g/mol. The molecule has 0 fully saturated rings. The number of nitrogens with zero attached hydrogens (tertiary/aromatic N) is 4. The lowest BCUT2D eigenvalue weighted by Gasteiger charge is -2.23. The van der Waals surface area contributed by atoms with Crippen molar-refractivity contribution in [3.63, 3.8) is 0 Å². The predicted octanol–water partition coefficient (Wildman–Crippen LogP) is 1.70. The Bertz CT molecular complexity index is 889. The molecule has 0 saturated carbocycles. The number of hydrogen-bond acceptors (Lipinski definition) is 7. The SMILES string of the molecule is COCCN(CCOC)c1cc(C(=O)Nc2ccc3[nH]ncc3c2)ncn1. The summed E-state index contributed by atoms with van der Waals surface area (Å²) in [5, 5.41) is 10.6. The average Bonchev–Trinajstić information content (AvgIpc) is 3.16. The largest absolute Gasteiger partial charge is 0.383 e. The Hall–Kier alpha value is -3.04. The van der Waals surface area contributed by atoms with Crippen LogP contribution in [0.4, 0.5) is 11.5 Å². The fraction of sp³-hybridized carbons (Fsp3) is 0.333. The smallest absolute Gasteiger partial charge is 0.274 e. The van der Waals surface area contributed by atoms with Crippen LogP contribution in [0.15, 0.2) is 36.8 Å². The van der Waals surface area contributed by atoms with Gasteiger partial charge in [-0.1, -0.05) is 0 Å². The number of amides is 1. The van der Waals surface area contributed by atoms with E-state index in [1.54, 1.807) is 26.5 Å². The highest BCUT2D eigenvalue weighted by Gasteiger charge is 2.14. The summed E-state index contributed by atoms with van der Waals surface area (Å²) in [5.41, 5.74) is 1.86. The zero-order valence-corrected chi connectivity index (χ0v) is 15.3. The fourth-order valence-corrected chi connectivity index (χ4v) is 2.60. The number of carbonyl (C=O) groups is 1. The van der Waals surface area contributed by atoms with Crippen LogP contribution in [0, 0.1) is 0 Å². The Morgan fingerprint density at radius 2 is 1.93 bits per heavy atom. The first-order chi connectivity index (χ1) is 13.2. The highest BCUT2D eigenvalue weighted by Crippen LogP contribution is 2.18. The Morgan fingerprint density at radius 1 is 1.15 bits per heavy atom. The number of fused-ring (bicyclic) bond motifs is 1. The first-order valence-corrected chi connectivity index (χ1v) is 8.50. The summed E-state index contributed by atoms with van der Waals surface area (Å²) in [4.78, 5) is 23.0. The van der Waals surface area contributed by atoms with E-state index in [1.165, 1.54) is 6.33 Å². The van der Waals surface area contributed by atoms with Gasteiger partial charge in [0.2, 0.25) is 0 Å². The maximum absolute atomic E-state index is 12.6. The number of H-pyrrole nitrogens is 1. The van der Waals surface area contributed by atoms with Gasteiger partial charge in [0.25, 0.3) is 5.91 Å². The second-order valence-corrected chi connectivity index (χ2v) is 5.86. The first kappa shape index (κ1) is 18.7. The average molecular weight is 370 g/mol. The Morgan fingerprint density at radius 3 is 2.67 bits per heavy atom. The lowest BCUT2D eigenvalue weighted by molar-refractivity contribution is 0.102. The van der Waals surface area contributed by atoms with Crippen molar-refractivity contribution in [2.45, 2.75) is 0 Å². The highest BCUT2D eigenvalue weighted by atomic mass is 16.5. The molecule has 0 aliphatic heterocycles. The third-order valence-electron chi connectivity index (χ3n) is 4.04. The topological polar surface area (TPSA) is 105 Å². The molecule has 1 aromatic carbocycles. The van der Waals surface area contributed by atoms with Crippen molar-refractivity contribution < 1.29 is 14.3 Å². The molecule has 0 aliphatic rings. The number of nitrogens with one attached hydrogen (secondary N) is 2. The van der Waals surface area contributed by atoms with Crippen LogP contribution in [-0.2, 0) is 9.47 Å². The van der Waals surface area contributed by atoms with Crippen molar-refractivity contribution in [3.8, 4) is 0 Å². The van der Waals surface area contributed by atoms with Crippen molar-refractivity contribution in [1.29, 1.82) is 0 Å². The lowest BCUT2D eigenvalue weighted by Crippen LogP contribution is -2.31. The molecule has 0 unspecified atom stereocenters. The van der Waals surface area contributed by atoms with Crippen LogP contribution >= 0.6 is 0 Å². The summed E-state index contributed by atoms with van der Waals surface area (Å²) in [7, 11) is 3.29. The number of carbonyl (C=O) groups excluding carboxylic acids is 1. The van der Waals surface area contributed by atoms with Gasteiger partial charge in [-0.05, 0) is 18.2 Å². The molecule has 27 heavy (non-hydrogen) atoms. The minimum atomic E-state index is -0.306. The van der Waals surface area contributed by atoms with Gasteiger partial charge in [-0.3, -0.25) is 9.89 Å². The second-order valence-electron chi connectivity index (χ2n) is 5.86. The number of rotatable bonds is 9. The van der Waals surface area contributed by atoms with Crippen LogP contribution in [-0.4, -0.2) is 66.6 Å². The molecular weight excluding hydrogens is 348 g/mol. The van der Waals surface area contributed by atoms with Crippen LogP contribution in [0.2, 0.25) is 0 Å². The summed E-state index contributed by atoms with van der Waals surface area (Å²) in [6, 6.07) is 7.18. The summed E-state index contributed by atoms with van der Waals surface area (Å²) in [6.07, 6.45) is 3.09. The summed E-state index contributed by atoms with van der Waals surface area (Å²) < 4.78 is 10.3. The van der Waals surface area contributed by atoms with E-state index in [0.29, 0.717) is 37.8 Å². The van der Waals surface area contributed by atoms with Gasteiger partial charge in [0.1, 0.15) is 17.8 Å². The minimum absolute atomic E-state index is 0.284. The molecule has 142 valence electrons. The van der Waals surface area contributed by atoms with E-state index in [0.717, 1.165) is 10.9 Å². The molecule has 9 heteroatoms. The van der Waals surface area contributed by atoms with Crippen LogP contribution in [0.3, 0.4) is 0 Å². The zero-order valence-electron chi connectivity index (χ0n) is 15.3. The van der Waals surface area contributed by atoms with E-state index >= 15 is 0 Å². The maximum atomic E-state index is 12.6. The Kier molecular flexibility index (Phi) is 6.29. The zero-order chi connectivity index (χ0) is 19.1. The van der Waals surface area contributed by atoms with Crippen molar-refractivity contribution in [1.82, 2.24) is 20.2 Å². The highest BCUT2D eigenvalue weighted by molar-refractivity contribution is 6.04. The number of benzene rings is 1. The third-order valence-corrected chi connectivity index (χ3v) is 4.04. The first-order valence-electron chi connectivity index (χ1n) is 8.50. The fourth-order valence-electron chi connectivity index (χ4n) is 2.60. The van der Waals surface area contributed by atoms with E-state index in [2.05, 4.69) is 25.5 Å². The van der Waals surface area contributed by atoms with E-state index in [1.807, 2.05) is 23.1 Å². The minimum Gasteiger partial charge on any atom is -0.383 e. The van der Waals surface area contributed by atoms with Gasteiger partial charge in [0.15, 0.2) is 0 Å². The van der Waals surface area contributed by atoms with E-state index in [4.69, 9.17) is 9.47 Å². The molecule has 3 aromatic rings. The number of aromatic amines is 1. The molecule has 0 bridgehead atoms. The Labute approximate surface area is 156 Å². The van der Waals surface area contributed by atoms with Crippen molar-refractivity contribution >= 4 is 28.3 Å². The number of methoxy groups -OCH3 is 2. The number of aromatic nitrogens is 4. The third kappa shape index (κ3) is 4.78. The van der Waals surface area contributed by atoms with Gasteiger partial charge in [0.05, 0.1) is 24.9 Å². The summed E-state index contributed by atoms with van der Waals surface area (Å²) >= 11 is 0. The van der Waals surface area contributed by atoms with E-state index < -0.39 is 0 Å². The number of ether oxygens (including phenoxy) is 2. The standard InChI is InChI=1S/C18H22N6O3/c1-26-7-5-24(6-8-27-2)17-10-16(19-12-20-17)18(25)22-14-3-4-15-13(9-14)11-21-23-15/h3-4,9-12H,5-8H2,1-2H3,(H,21,23)(H,22,25). The van der Waals surface area contributed by atoms with Gasteiger partial charge in [0, 0.05) is 44.4 Å². The quantitative estimate of drug-likeness (QED) is 0.591. The van der Waals surface area contributed by atoms with Gasteiger partial charge in [-0.25, -0.2) is 9.97 Å². The molecule has 0 atom stereocenters. The van der Waals surface area contributed by atoms with Crippen molar-refractivity contribution in [3.05, 3.63) is 42.5 Å². The molecule has 3 rings (SSSR count). The molecule has 9 nitrogen and oxygen atoms in total. The van der Waals surface area contributed by atoms with Crippen LogP contribution < -0.4 is 10.2 Å². The molecule has 2 heterocycles. The molecule has 2 aromatic heterocycles. The van der Waals surface area contributed by atoms with Crippen molar-refractivity contribution in [2.75, 3.05) is 50.7 Å². The molecule has 1 amide bonds. The molecule has 0 aliphatic carbocycles. The molecule has 0 spiro atoms. The summed E-state index contributed by atoms with van der Waals surface area (Å²) in [6.45, 7) is 2.35. The van der Waals surface area contributed by atoms with Gasteiger partial charge >= 0.3 is 0 Å². The molecule has 2 N–H and O–H groups in total. The molecule has 0 saturated heterocycles. The predicted molar refractivity (Wildman–Crippen MR) is 102 cm³/mol. The number of anilines is 2. The summed E-state index contributed by atoms with van der Waals surface area (Å²) in [5.74, 6) is 0.342. The lowest BCUT2D eigenvalue weighted by atomic mass is 10.2. The molecule has 0 radical (unpaired) electrons. The van der Waals surface area contributed by atoms with Crippen LogP contribution in [0.25, 0.3) is 10.9 Å². The Balaban J connectivity index is 1.75. The van der Waals surface area contributed by atoms with Crippen molar-refractivity contribution in [2.24, 2.45) is 0 Å². The van der Waals surface area contributed by atoms with Gasteiger partial charge in [-0.2, -0.15) is 5.10 Å². The van der Waals surface area contributed by atoms with E-state index in [9.17, 15) is 4.79 Å². The maximum Gasteiger partial charge on any atom is 0.274 e. The van der Waals surface area contributed by atoms with E-state index in [-0.39, 0.29) is 11.6 Å². The van der Waals surface area contributed by atoms with Crippen LogP contribution in [0.1, 0.15) is 10.5 Å². The van der Waals surface area contributed by atoms with Crippen LogP contribution in [0.5, 0.6) is 0 Å². The second kappa shape index (κ2) is 9.06. The van der Waals surface area contributed by atoms with Gasteiger partial charge in [-0.15, -0.1) is 0 Å². The number of hydrogen-bond donors (Lipinski definition) is 2.